The van der Waals surface area contributed by atoms with Gasteiger partial charge in [-0.25, -0.2) is 0 Å². The number of halogens is 1. The van der Waals surface area contributed by atoms with Crippen LogP contribution in [0.15, 0.2) is 41.4 Å². The summed E-state index contributed by atoms with van der Waals surface area (Å²) in [6.07, 6.45) is 0. The van der Waals surface area contributed by atoms with Crippen molar-refractivity contribution in [1.82, 2.24) is 5.32 Å². The highest BCUT2D eigenvalue weighted by molar-refractivity contribution is 14.2. The van der Waals surface area contributed by atoms with Gasteiger partial charge in [0.2, 0.25) is 11.8 Å². The molecule has 0 unspecified atom stereocenters. The van der Waals surface area contributed by atoms with Crippen LogP contribution < -0.4 is 15.8 Å². The second kappa shape index (κ2) is 5.43. The summed E-state index contributed by atoms with van der Waals surface area (Å²) in [6.45, 7) is 0. The van der Waals surface area contributed by atoms with Gasteiger partial charge in [0.15, 0.2) is 0 Å². The normalized spacial score (nSPS) is 17.2. The van der Waals surface area contributed by atoms with Crippen LogP contribution in [0.2, 0.25) is 0 Å². The van der Waals surface area contributed by atoms with Crippen LogP contribution in [0.25, 0.3) is 0 Å². The fourth-order valence-electron chi connectivity index (χ4n) is 1.08. The summed E-state index contributed by atoms with van der Waals surface area (Å²) in [5, 5.41) is 2.96. The lowest BCUT2D eigenvalue weighted by atomic mass is 10.3. The Morgan fingerprint density at radius 3 is 3.12 bits per heavy atom. The number of nitrogen functional groups attached to an aromatic ring is 1. The van der Waals surface area contributed by atoms with E-state index in [-0.39, 0.29) is 21.0 Å². The summed E-state index contributed by atoms with van der Waals surface area (Å²) in [4.78, 5) is 0. The maximum Gasteiger partial charge on any atom is 0.351 e. The van der Waals surface area contributed by atoms with Crippen molar-refractivity contribution in [3.63, 3.8) is 0 Å². The minimum Gasteiger partial charge on any atom is -0.440 e. The molecule has 1 aromatic carbocycles. The molecule has 80 valence electrons. The van der Waals surface area contributed by atoms with E-state index in [1.807, 2.05) is 22.3 Å². The van der Waals surface area contributed by atoms with Gasteiger partial charge in [0.05, 0.1) is 4.08 Å². The minimum atomic E-state index is -0.378. The van der Waals surface area contributed by atoms with E-state index < -0.39 is 0 Å². The van der Waals surface area contributed by atoms with Crippen LogP contribution in [0.5, 0.6) is 5.75 Å². The maximum absolute atomic E-state index is 5.66. The number of nitrogens with zero attached hydrogens (tertiary/aromatic N) is 2. The number of hydrogen-bond donors (Lipinski definition) is 2. The van der Waals surface area contributed by atoms with Crippen molar-refractivity contribution in [2.75, 3.05) is 5.73 Å². The molecule has 2 radical (unpaired) electrons. The van der Waals surface area contributed by atoms with Crippen LogP contribution in [-0.4, -0.2) is 22.5 Å². The van der Waals surface area contributed by atoms with Crippen molar-refractivity contribution in [2.24, 2.45) is 7.12 Å². The van der Waals surface area contributed by atoms with Crippen molar-refractivity contribution in [3.8, 4) is 5.75 Å². The summed E-state index contributed by atoms with van der Waals surface area (Å²) < 4.78 is 15.7. The molecule has 0 bridgehead atoms. The van der Waals surface area contributed by atoms with Crippen molar-refractivity contribution in [3.05, 3.63) is 34.2 Å². The molecule has 1 aliphatic rings. The Balaban J connectivity index is 2.11. The SMILES string of the molecule is Nc1cccc(OC2=CI=NC(=[N][Al])N2)c1. The monoisotopic (exact) mass is 342 g/mol. The van der Waals surface area contributed by atoms with Crippen LogP contribution in [0.4, 0.5) is 5.69 Å². The zero-order chi connectivity index (χ0) is 11.4. The molecule has 1 aromatic rings. The quantitative estimate of drug-likeness (QED) is 0.488. The number of benzene rings is 1. The zero-order valence-electron chi connectivity index (χ0n) is 8.22. The average molecular weight is 342 g/mol. The lowest BCUT2D eigenvalue weighted by molar-refractivity contribution is 0.405. The molecule has 0 saturated heterocycles. The second-order valence-electron chi connectivity index (χ2n) is 2.91. The molecule has 0 spiro atoms. The van der Waals surface area contributed by atoms with E-state index in [1.54, 1.807) is 6.07 Å². The summed E-state index contributed by atoms with van der Waals surface area (Å²) in [7, 11) is 0. The third-order valence-electron chi connectivity index (χ3n) is 1.72. The molecule has 5 nitrogen and oxygen atoms in total. The third-order valence-corrected chi connectivity index (χ3v) is 3.54. The molecule has 7 heteroatoms. The average Bonchev–Trinajstić information content (AvgIpc) is 2.29. The lowest BCUT2D eigenvalue weighted by Gasteiger charge is -2.13. The van der Waals surface area contributed by atoms with Gasteiger partial charge in [0.25, 0.3) is 0 Å². The van der Waals surface area contributed by atoms with Crippen LogP contribution in [0, 0.1) is 0 Å². The molecule has 0 fully saturated rings. The first-order valence-electron chi connectivity index (χ1n) is 4.40. The van der Waals surface area contributed by atoms with Gasteiger partial charge in [-0.1, -0.05) is 6.07 Å². The number of anilines is 1. The van der Waals surface area contributed by atoms with E-state index >= 15 is 0 Å². The number of nitrogens with one attached hydrogen (secondary N) is 1. The van der Waals surface area contributed by atoms with Gasteiger partial charge in [-0.3, -0.25) is 5.32 Å². The first kappa shape index (κ1) is 11.6. The number of nitrogens with two attached hydrogens (primary N) is 1. The fraction of sp³-hybridized carbons (Fsp3) is 0. The smallest absolute Gasteiger partial charge is 0.351 e. The fourth-order valence-corrected chi connectivity index (χ4v) is 2.62. The number of rotatable bonds is 2. The first-order chi connectivity index (χ1) is 7.78. The standard InChI is InChI=1S/C9H8IN4O.Al/c11-6-2-1-3-7(4-6)15-8-5-10-14-9(12)13-8;/h1-5H,11H2,(H-,12,13,14);/q-1;+1. The van der Waals surface area contributed by atoms with Gasteiger partial charge in [-0.15, -0.1) is 0 Å². The highest BCUT2D eigenvalue weighted by Crippen LogP contribution is 2.19. The Morgan fingerprint density at radius 2 is 2.38 bits per heavy atom. The molecule has 1 aliphatic heterocycles. The molecule has 0 atom stereocenters. The van der Waals surface area contributed by atoms with Gasteiger partial charge >= 0.3 is 16.5 Å². The molecule has 0 aromatic heterocycles. The summed E-state index contributed by atoms with van der Waals surface area (Å²) >= 11 is 1.89. The van der Waals surface area contributed by atoms with E-state index in [0.29, 0.717) is 23.3 Å². The van der Waals surface area contributed by atoms with Crippen LogP contribution in [0.3, 0.4) is 0 Å². The van der Waals surface area contributed by atoms with E-state index in [1.165, 1.54) is 0 Å². The lowest BCUT2D eigenvalue weighted by Crippen LogP contribution is -2.25. The van der Waals surface area contributed by atoms with E-state index in [0.717, 1.165) is 0 Å². The first-order valence-corrected chi connectivity index (χ1v) is 7.13. The van der Waals surface area contributed by atoms with Crippen molar-refractivity contribution >= 4 is 49.2 Å². The Hall–Kier alpha value is -0.908. The predicted molar refractivity (Wildman–Crippen MR) is 72.3 cm³/mol. The largest absolute Gasteiger partial charge is 0.440 e. The van der Waals surface area contributed by atoms with Gasteiger partial charge in [0.1, 0.15) is 5.75 Å². The summed E-state index contributed by atoms with van der Waals surface area (Å²) in [6, 6.07) is 7.27. The van der Waals surface area contributed by atoms with Gasteiger partial charge in [0, 0.05) is 32.8 Å². The zero-order valence-corrected chi connectivity index (χ0v) is 11.5. The molecule has 2 rings (SSSR count). The Morgan fingerprint density at radius 1 is 1.50 bits per heavy atom. The molecule has 16 heavy (non-hydrogen) atoms. The predicted octanol–water partition coefficient (Wildman–Crippen LogP) is 1.64. The number of ether oxygens (including phenoxy) is 1. The molecular weight excluding hydrogens is 334 g/mol. The highest BCUT2D eigenvalue weighted by Gasteiger charge is 2.06. The summed E-state index contributed by atoms with van der Waals surface area (Å²) in [5.41, 5.74) is 6.33. The Kier molecular flexibility index (Phi) is 3.93. The van der Waals surface area contributed by atoms with Crippen molar-refractivity contribution in [2.45, 2.75) is 0 Å². The van der Waals surface area contributed by atoms with E-state index in [9.17, 15) is 0 Å². The summed E-state index contributed by atoms with van der Waals surface area (Å²) in [5.74, 6) is 1.95. The molecule has 0 saturated carbocycles. The van der Waals surface area contributed by atoms with Crippen LogP contribution in [0.1, 0.15) is 0 Å². The van der Waals surface area contributed by atoms with Crippen LogP contribution >= 0.6 is 21.0 Å². The highest BCUT2D eigenvalue weighted by atomic mass is 127. The molecular formula is C9H8AlIN4O. The van der Waals surface area contributed by atoms with Gasteiger partial charge < -0.3 is 14.4 Å². The third kappa shape index (κ3) is 3.04. The topological polar surface area (TPSA) is 72.0 Å². The molecule has 1 heterocycles. The van der Waals surface area contributed by atoms with Crippen molar-refractivity contribution in [1.29, 1.82) is 0 Å². The molecule has 0 aliphatic carbocycles. The molecule has 3 N–H and O–H groups in total. The van der Waals surface area contributed by atoms with Gasteiger partial charge in [-0.05, 0) is 12.1 Å². The molecule has 0 amide bonds. The minimum absolute atomic E-state index is 0.378. The van der Waals surface area contributed by atoms with E-state index in [2.05, 4.69) is 28.9 Å². The van der Waals surface area contributed by atoms with Crippen LogP contribution in [-0.2, 0) is 0 Å². The van der Waals surface area contributed by atoms with Gasteiger partial charge in [-0.2, -0.15) is 3.15 Å². The number of guanidine groups is 1. The second-order valence-corrected chi connectivity index (χ2v) is 4.83. The maximum atomic E-state index is 5.66. The Labute approximate surface area is 112 Å². The van der Waals surface area contributed by atoms with Crippen molar-refractivity contribution < 1.29 is 4.74 Å². The Bertz CT molecular complexity index is 486. The van der Waals surface area contributed by atoms with E-state index in [4.69, 9.17) is 10.5 Å². The number of hydrogen-bond acceptors (Lipinski definition) is 3.